The Bertz CT molecular complexity index is 518. The number of nitrogens with zero attached hydrogens (tertiary/aromatic N) is 2. The van der Waals surface area contributed by atoms with Crippen LogP contribution >= 0.6 is 34.7 Å². The van der Waals surface area contributed by atoms with Crippen molar-refractivity contribution in [3.63, 3.8) is 0 Å². The lowest BCUT2D eigenvalue weighted by atomic mass is 10.1. The maximum atomic E-state index is 10.1. The van der Waals surface area contributed by atoms with E-state index < -0.39 is 6.10 Å². The van der Waals surface area contributed by atoms with Crippen LogP contribution in [-0.2, 0) is 0 Å². The van der Waals surface area contributed by atoms with E-state index in [9.17, 15) is 5.11 Å². The minimum absolute atomic E-state index is 0.534. The lowest BCUT2D eigenvalue weighted by Crippen LogP contribution is -1.99. The molecule has 0 saturated carbocycles. The van der Waals surface area contributed by atoms with E-state index >= 15 is 0 Å². The van der Waals surface area contributed by atoms with Crippen LogP contribution in [0.5, 0.6) is 0 Å². The summed E-state index contributed by atoms with van der Waals surface area (Å²) in [5.41, 5.74) is 0.855. The van der Waals surface area contributed by atoms with Crippen LogP contribution in [0.15, 0.2) is 28.6 Å². The quantitative estimate of drug-likeness (QED) is 0.800. The lowest BCUT2D eigenvalue weighted by Gasteiger charge is -2.09. The highest BCUT2D eigenvalue weighted by molar-refractivity contribution is 8.01. The molecule has 0 aliphatic rings. The van der Waals surface area contributed by atoms with Crippen LogP contribution in [0.25, 0.3) is 0 Å². The van der Waals surface area contributed by atoms with Gasteiger partial charge in [0.15, 0.2) is 4.34 Å². The average molecular weight is 316 g/mol. The van der Waals surface area contributed by atoms with Crippen molar-refractivity contribution in [3.8, 4) is 0 Å². The number of thioether (sulfide) groups is 1. The number of aromatic nitrogens is 2. The number of benzene rings is 1. The number of rotatable bonds is 6. The van der Waals surface area contributed by atoms with Crippen LogP contribution in [0.3, 0.4) is 0 Å². The molecule has 1 aromatic carbocycles. The molecule has 0 spiro atoms. The van der Waals surface area contributed by atoms with Gasteiger partial charge in [0.25, 0.3) is 0 Å². The molecule has 7 heteroatoms. The molecule has 1 aromatic heterocycles. The Balaban J connectivity index is 1.88. The van der Waals surface area contributed by atoms with E-state index in [1.165, 1.54) is 23.1 Å². The Morgan fingerprint density at radius 2 is 2.11 bits per heavy atom. The number of aliphatic hydroxyl groups excluding tert-OH is 1. The maximum Gasteiger partial charge on any atom is 0.206 e. The number of aliphatic hydroxyl groups is 1. The maximum absolute atomic E-state index is 10.1. The topological polar surface area (TPSA) is 58.0 Å². The van der Waals surface area contributed by atoms with Crippen molar-refractivity contribution >= 4 is 39.8 Å². The van der Waals surface area contributed by atoms with Crippen molar-refractivity contribution in [1.29, 1.82) is 0 Å². The number of hydrogen-bond donors (Lipinski definition) is 2. The van der Waals surface area contributed by atoms with Gasteiger partial charge in [-0.1, -0.05) is 46.8 Å². The third-order valence-corrected chi connectivity index (χ3v) is 4.70. The van der Waals surface area contributed by atoms with Crippen LogP contribution in [0.1, 0.15) is 18.6 Å². The minimum Gasteiger partial charge on any atom is -0.388 e. The normalized spacial score (nSPS) is 12.4. The zero-order chi connectivity index (χ0) is 13.7. The molecule has 102 valence electrons. The van der Waals surface area contributed by atoms with Crippen LogP contribution in [-0.4, -0.2) is 27.6 Å². The molecule has 2 rings (SSSR count). The fraction of sp³-hybridized carbons (Fsp3) is 0.333. The fourth-order valence-electron chi connectivity index (χ4n) is 1.42. The second-order valence-electron chi connectivity index (χ2n) is 3.78. The molecule has 4 nitrogen and oxygen atoms in total. The first-order valence-corrected chi connectivity index (χ1v) is 8.00. The average Bonchev–Trinajstić information content (AvgIpc) is 2.85. The van der Waals surface area contributed by atoms with Crippen LogP contribution in [0, 0.1) is 0 Å². The summed E-state index contributed by atoms with van der Waals surface area (Å²) in [5.74, 6) is 0.544. The SMILES string of the molecule is CCNc1nnc(SC[C@H](O)c2ccc(Cl)cc2)s1. The van der Waals surface area contributed by atoms with Crippen molar-refractivity contribution < 1.29 is 5.11 Å². The first-order chi connectivity index (χ1) is 9.19. The summed E-state index contributed by atoms with van der Waals surface area (Å²) in [5, 5.41) is 22.7. The van der Waals surface area contributed by atoms with Gasteiger partial charge in [-0.3, -0.25) is 0 Å². The first kappa shape index (κ1) is 14.6. The van der Waals surface area contributed by atoms with Gasteiger partial charge in [-0.05, 0) is 24.6 Å². The van der Waals surface area contributed by atoms with Crippen molar-refractivity contribution in [3.05, 3.63) is 34.9 Å². The molecule has 1 atom stereocenters. The molecule has 0 saturated heterocycles. The monoisotopic (exact) mass is 315 g/mol. The van der Waals surface area contributed by atoms with E-state index in [1.807, 2.05) is 19.1 Å². The Kier molecular flexibility index (Phi) is 5.45. The summed E-state index contributed by atoms with van der Waals surface area (Å²) < 4.78 is 0.851. The van der Waals surface area contributed by atoms with Crippen molar-refractivity contribution in [2.75, 3.05) is 17.6 Å². The fourth-order valence-corrected chi connectivity index (χ4v) is 3.36. The van der Waals surface area contributed by atoms with Gasteiger partial charge >= 0.3 is 0 Å². The van der Waals surface area contributed by atoms with Crippen LogP contribution in [0.2, 0.25) is 5.02 Å². The summed E-state index contributed by atoms with van der Waals surface area (Å²) in [4.78, 5) is 0. The summed E-state index contributed by atoms with van der Waals surface area (Å²) in [6, 6.07) is 7.22. The van der Waals surface area contributed by atoms with Gasteiger partial charge in [-0.2, -0.15) is 0 Å². The molecule has 0 fully saturated rings. The summed E-state index contributed by atoms with van der Waals surface area (Å²) in [7, 11) is 0. The minimum atomic E-state index is -0.534. The van der Waals surface area contributed by atoms with E-state index in [2.05, 4.69) is 15.5 Å². The van der Waals surface area contributed by atoms with Gasteiger partial charge in [0.05, 0.1) is 6.10 Å². The van der Waals surface area contributed by atoms with Crippen molar-refractivity contribution in [1.82, 2.24) is 10.2 Å². The van der Waals surface area contributed by atoms with Crippen molar-refractivity contribution in [2.45, 2.75) is 17.4 Å². The van der Waals surface area contributed by atoms with Gasteiger partial charge in [0.1, 0.15) is 0 Å². The van der Waals surface area contributed by atoms with E-state index in [-0.39, 0.29) is 0 Å². The molecule has 0 amide bonds. The van der Waals surface area contributed by atoms with Crippen molar-refractivity contribution in [2.24, 2.45) is 0 Å². The lowest BCUT2D eigenvalue weighted by molar-refractivity contribution is 0.204. The van der Waals surface area contributed by atoms with Gasteiger partial charge in [0.2, 0.25) is 5.13 Å². The molecular weight excluding hydrogens is 302 g/mol. The molecule has 19 heavy (non-hydrogen) atoms. The molecule has 2 aromatic rings. The number of nitrogens with one attached hydrogen (secondary N) is 1. The smallest absolute Gasteiger partial charge is 0.206 e. The number of hydrogen-bond acceptors (Lipinski definition) is 6. The molecule has 0 aliphatic carbocycles. The Hall–Kier alpha value is -0.820. The summed E-state index contributed by atoms with van der Waals surface area (Å²) >= 11 is 8.80. The zero-order valence-electron chi connectivity index (χ0n) is 10.3. The number of halogens is 1. The molecule has 0 radical (unpaired) electrons. The summed E-state index contributed by atoms with van der Waals surface area (Å²) in [6.07, 6.45) is -0.534. The standard InChI is InChI=1S/C12H14ClN3OS2/c1-2-14-11-15-16-12(19-11)18-7-10(17)8-3-5-9(13)6-4-8/h3-6,10,17H,2,7H2,1H3,(H,14,15)/t10-/m0/s1. The van der Waals surface area contributed by atoms with Crippen LogP contribution < -0.4 is 5.32 Å². The van der Waals surface area contributed by atoms with Gasteiger partial charge in [0, 0.05) is 17.3 Å². The predicted octanol–water partition coefficient (Wildman–Crippen LogP) is 3.45. The van der Waals surface area contributed by atoms with Gasteiger partial charge in [-0.15, -0.1) is 10.2 Å². The third-order valence-electron chi connectivity index (χ3n) is 2.35. The molecule has 0 bridgehead atoms. The number of anilines is 1. The molecular formula is C12H14ClN3OS2. The van der Waals surface area contributed by atoms with E-state index in [1.54, 1.807) is 12.1 Å². The predicted molar refractivity (Wildman–Crippen MR) is 81.2 cm³/mol. The highest BCUT2D eigenvalue weighted by Crippen LogP contribution is 2.29. The second-order valence-corrected chi connectivity index (χ2v) is 6.46. The van der Waals surface area contributed by atoms with Crippen LogP contribution in [0.4, 0.5) is 5.13 Å². The highest BCUT2D eigenvalue weighted by atomic mass is 35.5. The first-order valence-electron chi connectivity index (χ1n) is 5.82. The molecule has 1 heterocycles. The van der Waals surface area contributed by atoms with E-state index in [0.717, 1.165) is 21.6 Å². The van der Waals surface area contributed by atoms with Gasteiger partial charge < -0.3 is 10.4 Å². The second kappa shape index (κ2) is 7.09. The Labute approximate surface area is 125 Å². The molecule has 2 N–H and O–H groups in total. The van der Waals surface area contributed by atoms with E-state index in [4.69, 9.17) is 11.6 Å². The Morgan fingerprint density at radius 3 is 2.79 bits per heavy atom. The highest BCUT2D eigenvalue weighted by Gasteiger charge is 2.10. The largest absolute Gasteiger partial charge is 0.388 e. The third kappa shape index (κ3) is 4.35. The molecule has 0 aliphatic heterocycles. The Morgan fingerprint density at radius 1 is 1.37 bits per heavy atom. The molecule has 0 unspecified atom stereocenters. The summed E-state index contributed by atoms with van der Waals surface area (Å²) in [6.45, 7) is 2.84. The van der Waals surface area contributed by atoms with E-state index in [0.29, 0.717) is 10.8 Å². The van der Waals surface area contributed by atoms with Gasteiger partial charge in [-0.25, -0.2) is 0 Å². The zero-order valence-corrected chi connectivity index (χ0v) is 12.7.